The molecule has 1 aromatic heterocycles. The van der Waals surface area contributed by atoms with E-state index < -0.39 is 17.8 Å². The minimum Gasteiger partial charge on any atom is -0.462 e. The predicted octanol–water partition coefficient (Wildman–Crippen LogP) is 0.0965. The SMILES string of the molecule is CCOC(=O)c1ccncc1N1CC(C(N)=O)CC1=O. The Morgan fingerprint density at radius 3 is 2.90 bits per heavy atom. The summed E-state index contributed by atoms with van der Waals surface area (Å²) in [6, 6.07) is 1.48. The van der Waals surface area contributed by atoms with E-state index in [1.807, 2.05) is 0 Å². The van der Waals surface area contributed by atoms with Gasteiger partial charge < -0.3 is 15.4 Å². The quantitative estimate of drug-likeness (QED) is 0.786. The van der Waals surface area contributed by atoms with Gasteiger partial charge in [0.05, 0.1) is 30.0 Å². The maximum atomic E-state index is 12.0. The summed E-state index contributed by atoms with van der Waals surface area (Å²) in [7, 11) is 0. The molecule has 2 heterocycles. The molecule has 1 aliphatic heterocycles. The second-order valence-corrected chi connectivity index (χ2v) is 4.42. The first-order valence-electron chi connectivity index (χ1n) is 6.25. The molecule has 0 radical (unpaired) electrons. The molecule has 7 nitrogen and oxygen atoms in total. The van der Waals surface area contributed by atoms with Gasteiger partial charge in [-0.1, -0.05) is 0 Å². The van der Waals surface area contributed by atoms with E-state index in [9.17, 15) is 14.4 Å². The van der Waals surface area contributed by atoms with E-state index in [0.717, 1.165) is 0 Å². The molecule has 2 amide bonds. The molecule has 1 fully saturated rings. The van der Waals surface area contributed by atoms with Crippen LogP contribution in [0.5, 0.6) is 0 Å². The number of pyridine rings is 1. The van der Waals surface area contributed by atoms with Crippen molar-refractivity contribution in [3.8, 4) is 0 Å². The second kappa shape index (κ2) is 5.68. The van der Waals surface area contributed by atoms with Gasteiger partial charge in [0.25, 0.3) is 0 Å². The van der Waals surface area contributed by atoms with Gasteiger partial charge in [0.2, 0.25) is 11.8 Å². The maximum absolute atomic E-state index is 12.0. The van der Waals surface area contributed by atoms with Crippen molar-refractivity contribution >= 4 is 23.5 Å². The molecule has 2 N–H and O–H groups in total. The standard InChI is InChI=1S/C13H15N3O4/c1-2-20-13(19)9-3-4-15-6-10(9)16-7-8(12(14)18)5-11(16)17/h3-4,6,8H,2,5,7H2,1H3,(H2,14,18). The summed E-state index contributed by atoms with van der Waals surface area (Å²) in [5.74, 6) is -1.85. The van der Waals surface area contributed by atoms with Crippen molar-refractivity contribution in [3.05, 3.63) is 24.0 Å². The first-order chi connectivity index (χ1) is 9.54. The van der Waals surface area contributed by atoms with Gasteiger partial charge >= 0.3 is 5.97 Å². The second-order valence-electron chi connectivity index (χ2n) is 4.42. The Bertz CT molecular complexity index is 558. The summed E-state index contributed by atoms with van der Waals surface area (Å²) in [5.41, 5.74) is 5.82. The lowest BCUT2D eigenvalue weighted by Crippen LogP contribution is -2.29. The molecule has 106 valence electrons. The van der Waals surface area contributed by atoms with Crippen molar-refractivity contribution in [2.45, 2.75) is 13.3 Å². The van der Waals surface area contributed by atoms with E-state index in [1.54, 1.807) is 6.92 Å². The molecule has 0 aliphatic carbocycles. The Hall–Kier alpha value is -2.44. The summed E-state index contributed by atoms with van der Waals surface area (Å²) in [5, 5.41) is 0. The van der Waals surface area contributed by atoms with Gasteiger partial charge in [-0.25, -0.2) is 4.79 Å². The van der Waals surface area contributed by atoms with Crippen LogP contribution < -0.4 is 10.6 Å². The number of anilines is 1. The average Bonchev–Trinajstić information content (AvgIpc) is 2.81. The highest BCUT2D eigenvalue weighted by Gasteiger charge is 2.35. The number of amides is 2. The van der Waals surface area contributed by atoms with E-state index >= 15 is 0 Å². The number of nitrogens with two attached hydrogens (primary N) is 1. The van der Waals surface area contributed by atoms with Crippen LogP contribution in [0.1, 0.15) is 23.7 Å². The lowest BCUT2D eigenvalue weighted by molar-refractivity contribution is -0.123. The van der Waals surface area contributed by atoms with Crippen molar-refractivity contribution in [1.29, 1.82) is 0 Å². The first kappa shape index (κ1) is 14.0. The van der Waals surface area contributed by atoms with Crippen molar-refractivity contribution in [2.24, 2.45) is 11.7 Å². The van der Waals surface area contributed by atoms with Crippen molar-refractivity contribution < 1.29 is 19.1 Å². The van der Waals surface area contributed by atoms with E-state index in [1.165, 1.54) is 23.4 Å². The number of primary amides is 1. The van der Waals surface area contributed by atoms with Crippen LogP contribution in [-0.4, -0.2) is 35.9 Å². The Kier molecular flexibility index (Phi) is 3.97. The van der Waals surface area contributed by atoms with Crippen LogP contribution in [0.4, 0.5) is 5.69 Å². The van der Waals surface area contributed by atoms with Crippen molar-refractivity contribution in [1.82, 2.24) is 4.98 Å². The van der Waals surface area contributed by atoms with Gasteiger partial charge in [-0.15, -0.1) is 0 Å². The lowest BCUT2D eigenvalue weighted by Gasteiger charge is -2.18. The highest BCUT2D eigenvalue weighted by Crippen LogP contribution is 2.27. The summed E-state index contributed by atoms with van der Waals surface area (Å²) in [6.45, 7) is 2.09. The zero-order chi connectivity index (χ0) is 14.7. The Morgan fingerprint density at radius 2 is 2.30 bits per heavy atom. The van der Waals surface area contributed by atoms with E-state index in [0.29, 0.717) is 5.69 Å². The topological polar surface area (TPSA) is 103 Å². The van der Waals surface area contributed by atoms with Gasteiger partial charge in [-0.05, 0) is 13.0 Å². The number of nitrogens with zero attached hydrogens (tertiary/aromatic N) is 2. The zero-order valence-electron chi connectivity index (χ0n) is 11.0. The molecule has 2 rings (SSSR count). The van der Waals surface area contributed by atoms with Crippen LogP contribution in [0.15, 0.2) is 18.5 Å². The summed E-state index contributed by atoms with van der Waals surface area (Å²) >= 11 is 0. The summed E-state index contributed by atoms with van der Waals surface area (Å²) < 4.78 is 4.94. The molecule has 7 heteroatoms. The summed E-state index contributed by atoms with van der Waals surface area (Å²) in [6.07, 6.45) is 2.90. The molecular formula is C13H15N3O4. The van der Waals surface area contributed by atoms with Crippen molar-refractivity contribution in [3.63, 3.8) is 0 Å². The Morgan fingerprint density at radius 1 is 1.55 bits per heavy atom. The maximum Gasteiger partial charge on any atom is 0.340 e. The van der Waals surface area contributed by atoms with Gasteiger partial charge in [-0.2, -0.15) is 0 Å². The van der Waals surface area contributed by atoms with Crippen LogP contribution >= 0.6 is 0 Å². The lowest BCUT2D eigenvalue weighted by atomic mass is 10.1. The van der Waals surface area contributed by atoms with E-state index in [2.05, 4.69) is 4.98 Å². The number of esters is 1. The van der Waals surface area contributed by atoms with Gasteiger partial charge in [-0.3, -0.25) is 14.6 Å². The third-order valence-electron chi connectivity index (χ3n) is 3.11. The monoisotopic (exact) mass is 277 g/mol. The number of carbonyl (C=O) groups excluding carboxylic acids is 3. The minimum absolute atomic E-state index is 0.0481. The number of rotatable bonds is 4. The number of hydrogen-bond donors (Lipinski definition) is 1. The molecule has 1 aromatic rings. The molecule has 1 atom stereocenters. The third-order valence-corrected chi connectivity index (χ3v) is 3.11. The van der Waals surface area contributed by atoms with Crippen LogP contribution in [0.25, 0.3) is 0 Å². The normalized spacial score (nSPS) is 18.1. The highest BCUT2D eigenvalue weighted by atomic mass is 16.5. The number of aromatic nitrogens is 1. The van der Waals surface area contributed by atoms with Gasteiger partial charge in [0.1, 0.15) is 0 Å². The number of carbonyl (C=O) groups is 3. The summed E-state index contributed by atoms with van der Waals surface area (Å²) in [4.78, 5) is 40.3. The number of ether oxygens (including phenoxy) is 1. The molecule has 0 aromatic carbocycles. The molecule has 1 aliphatic rings. The van der Waals surface area contributed by atoms with Crippen LogP contribution in [0.2, 0.25) is 0 Å². The molecule has 0 spiro atoms. The Balaban J connectivity index is 2.31. The zero-order valence-corrected chi connectivity index (χ0v) is 11.0. The molecule has 20 heavy (non-hydrogen) atoms. The van der Waals surface area contributed by atoms with Crippen LogP contribution in [0, 0.1) is 5.92 Å². The molecule has 0 bridgehead atoms. The molecular weight excluding hydrogens is 262 g/mol. The Labute approximate surface area is 115 Å². The molecule has 0 saturated carbocycles. The fourth-order valence-electron chi connectivity index (χ4n) is 2.11. The first-order valence-corrected chi connectivity index (χ1v) is 6.25. The van der Waals surface area contributed by atoms with Crippen molar-refractivity contribution in [2.75, 3.05) is 18.1 Å². The van der Waals surface area contributed by atoms with Gasteiger partial charge in [0.15, 0.2) is 0 Å². The molecule has 1 unspecified atom stereocenters. The van der Waals surface area contributed by atoms with Crippen LogP contribution in [-0.2, 0) is 14.3 Å². The molecule has 1 saturated heterocycles. The van der Waals surface area contributed by atoms with E-state index in [4.69, 9.17) is 10.5 Å². The fourth-order valence-corrected chi connectivity index (χ4v) is 2.11. The average molecular weight is 277 g/mol. The minimum atomic E-state index is -0.544. The fraction of sp³-hybridized carbons (Fsp3) is 0.385. The highest BCUT2D eigenvalue weighted by molar-refractivity contribution is 6.05. The van der Waals surface area contributed by atoms with Gasteiger partial charge in [0, 0.05) is 19.2 Å². The van der Waals surface area contributed by atoms with Crippen LogP contribution in [0.3, 0.4) is 0 Å². The third kappa shape index (κ3) is 2.61. The largest absolute Gasteiger partial charge is 0.462 e. The number of hydrogen-bond acceptors (Lipinski definition) is 5. The predicted molar refractivity (Wildman–Crippen MR) is 69.8 cm³/mol. The smallest absolute Gasteiger partial charge is 0.340 e. The van der Waals surface area contributed by atoms with E-state index in [-0.39, 0.29) is 31.0 Å².